The number of anilines is 1. The summed E-state index contributed by atoms with van der Waals surface area (Å²) in [7, 11) is 1.83. The third-order valence-corrected chi connectivity index (χ3v) is 2.58. The van der Waals surface area contributed by atoms with Gasteiger partial charge in [0.2, 0.25) is 6.79 Å². The van der Waals surface area contributed by atoms with Crippen LogP contribution in [-0.2, 0) is 0 Å². The number of ether oxygens (including phenoxy) is 3. The maximum absolute atomic E-state index is 5.71. The summed E-state index contributed by atoms with van der Waals surface area (Å²) in [4.78, 5) is 4.08. The van der Waals surface area contributed by atoms with Crippen molar-refractivity contribution < 1.29 is 14.2 Å². The Morgan fingerprint density at radius 2 is 2.00 bits per heavy atom. The van der Waals surface area contributed by atoms with E-state index in [4.69, 9.17) is 14.2 Å². The van der Waals surface area contributed by atoms with Crippen molar-refractivity contribution in [3.05, 3.63) is 36.7 Å². The lowest BCUT2D eigenvalue weighted by atomic mass is 10.3. The van der Waals surface area contributed by atoms with Crippen LogP contribution in [0.5, 0.6) is 23.0 Å². The van der Waals surface area contributed by atoms with Crippen LogP contribution >= 0.6 is 0 Å². The number of pyridine rings is 1. The molecule has 0 unspecified atom stereocenters. The van der Waals surface area contributed by atoms with Crippen LogP contribution in [0.15, 0.2) is 36.7 Å². The normalized spacial score (nSPS) is 12.3. The highest BCUT2D eigenvalue weighted by Gasteiger charge is 2.14. The molecule has 0 bridgehead atoms. The van der Waals surface area contributed by atoms with E-state index in [1.54, 1.807) is 18.5 Å². The summed E-state index contributed by atoms with van der Waals surface area (Å²) < 4.78 is 16.2. The number of fused-ring (bicyclic) bond motifs is 1. The van der Waals surface area contributed by atoms with Crippen molar-refractivity contribution in [2.75, 3.05) is 19.2 Å². The van der Waals surface area contributed by atoms with Gasteiger partial charge in [0.25, 0.3) is 0 Å². The molecule has 18 heavy (non-hydrogen) atoms. The van der Waals surface area contributed by atoms with E-state index in [1.807, 2.05) is 25.2 Å². The zero-order valence-corrected chi connectivity index (χ0v) is 9.84. The molecule has 3 rings (SSSR count). The summed E-state index contributed by atoms with van der Waals surface area (Å²) in [6.45, 7) is 0.260. The lowest BCUT2D eigenvalue weighted by molar-refractivity contribution is 0.174. The Kier molecular flexibility index (Phi) is 2.64. The Bertz CT molecular complexity index is 572. The first-order valence-corrected chi connectivity index (χ1v) is 5.55. The molecule has 0 radical (unpaired) electrons. The number of nitrogens with one attached hydrogen (secondary N) is 1. The Morgan fingerprint density at radius 3 is 2.89 bits per heavy atom. The van der Waals surface area contributed by atoms with Crippen LogP contribution in [0.25, 0.3) is 0 Å². The number of nitrogens with zero attached hydrogens (tertiary/aromatic N) is 1. The molecule has 1 aliphatic rings. The molecular formula is C13H12N2O3. The average molecular weight is 244 g/mol. The highest BCUT2D eigenvalue weighted by atomic mass is 16.7. The Balaban J connectivity index is 1.83. The lowest BCUT2D eigenvalue weighted by Gasteiger charge is -2.07. The minimum atomic E-state index is 0.260. The fourth-order valence-corrected chi connectivity index (χ4v) is 1.69. The second-order valence-corrected chi connectivity index (χ2v) is 3.78. The van der Waals surface area contributed by atoms with Crippen molar-refractivity contribution in [2.45, 2.75) is 0 Å². The van der Waals surface area contributed by atoms with Crippen LogP contribution in [0.2, 0.25) is 0 Å². The van der Waals surface area contributed by atoms with Gasteiger partial charge in [-0.05, 0) is 12.1 Å². The molecule has 0 aliphatic carbocycles. The van der Waals surface area contributed by atoms with Gasteiger partial charge < -0.3 is 19.5 Å². The van der Waals surface area contributed by atoms with Crippen LogP contribution < -0.4 is 19.5 Å². The van der Waals surface area contributed by atoms with Gasteiger partial charge in [0, 0.05) is 19.2 Å². The molecule has 1 aromatic heterocycles. The fourth-order valence-electron chi connectivity index (χ4n) is 1.69. The number of hydrogen-bond donors (Lipinski definition) is 1. The van der Waals surface area contributed by atoms with Crippen LogP contribution in [0.4, 0.5) is 5.69 Å². The molecule has 5 nitrogen and oxygen atoms in total. The van der Waals surface area contributed by atoms with Gasteiger partial charge in [0.15, 0.2) is 11.5 Å². The first-order chi connectivity index (χ1) is 8.85. The van der Waals surface area contributed by atoms with Gasteiger partial charge in [-0.3, -0.25) is 4.98 Å². The zero-order chi connectivity index (χ0) is 12.4. The minimum absolute atomic E-state index is 0.260. The summed E-state index contributed by atoms with van der Waals surface area (Å²) in [5, 5.41) is 3.01. The molecule has 1 aromatic carbocycles. The highest BCUT2D eigenvalue weighted by Crippen LogP contribution is 2.36. The second-order valence-electron chi connectivity index (χ2n) is 3.78. The average Bonchev–Trinajstić information content (AvgIpc) is 2.86. The first-order valence-electron chi connectivity index (χ1n) is 5.55. The Morgan fingerprint density at radius 1 is 1.11 bits per heavy atom. The summed E-state index contributed by atoms with van der Waals surface area (Å²) in [5.41, 5.74) is 0.897. The monoisotopic (exact) mass is 244 g/mol. The maximum Gasteiger partial charge on any atom is 0.231 e. The fraction of sp³-hybridized carbons (Fsp3) is 0.154. The zero-order valence-electron chi connectivity index (χ0n) is 9.84. The van der Waals surface area contributed by atoms with Crippen LogP contribution in [0.3, 0.4) is 0 Å². The van der Waals surface area contributed by atoms with Crippen LogP contribution in [0, 0.1) is 0 Å². The van der Waals surface area contributed by atoms with Crippen molar-refractivity contribution in [1.82, 2.24) is 4.98 Å². The standard InChI is InChI=1S/C13H12N2O3/c1-14-9-4-11(7-15-6-9)18-10-2-3-12-13(5-10)17-8-16-12/h2-7,14H,8H2,1H3. The number of benzene rings is 1. The highest BCUT2D eigenvalue weighted by molar-refractivity contribution is 5.49. The molecule has 0 amide bonds. The molecule has 0 spiro atoms. The number of hydrogen-bond acceptors (Lipinski definition) is 5. The van der Waals surface area contributed by atoms with E-state index >= 15 is 0 Å². The number of rotatable bonds is 3. The van der Waals surface area contributed by atoms with Gasteiger partial charge in [-0.15, -0.1) is 0 Å². The van der Waals surface area contributed by atoms with E-state index in [0.29, 0.717) is 17.2 Å². The van der Waals surface area contributed by atoms with E-state index in [9.17, 15) is 0 Å². The van der Waals surface area contributed by atoms with E-state index in [-0.39, 0.29) is 6.79 Å². The number of aromatic nitrogens is 1. The van der Waals surface area contributed by atoms with E-state index in [0.717, 1.165) is 11.4 Å². The molecule has 1 aliphatic heterocycles. The van der Waals surface area contributed by atoms with Crippen molar-refractivity contribution in [3.8, 4) is 23.0 Å². The molecule has 0 atom stereocenters. The van der Waals surface area contributed by atoms with Crippen molar-refractivity contribution in [3.63, 3.8) is 0 Å². The third kappa shape index (κ3) is 2.02. The Labute approximate surface area is 104 Å². The molecule has 92 valence electrons. The summed E-state index contributed by atoms with van der Waals surface area (Å²) in [5.74, 6) is 2.80. The SMILES string of the molecule is CNc1cncc(Oc2ccc3c(c2)OCO3)c1. The molecule has 0 saturated carbocycles. The quantitative estimate of drug-likeness (QED) is 0.899. The van der Waals surface area contributed by atoms with E-state index < -0.39 is 0 Å². The lowest BCUT2D eigenvalue weighted by Crippen LogP contribution is -1.93. The van der Waals surface area contributed by atoms with Gasteiger partial charge in [-0.2, -0.15) is 0 Å². The smallest absolute Gasteiger partial charge is 0.231 e. The molecule has 5 heteroatoms. The second kappa shape index (κ2) is 4.44. The molecule has 2 heterocycles. The summed E-state index contributed by atoms with van der Waals surface area (Å²) in [6.07, 6.45) is 3.39. The topological polar surface area (TPSA) is 52.6 Å². The largest absolute Gasteiger partial charge is 0.456 e. The maximum atomic E-state index is 5.71. The van der Waals surface area contributed by atoms with Crippen molar-refractivity contribution >= 4 is 5.69 Å². The summed E-state index contributed by atoms with van der Waals surface area (Å²) >= 11 is 0. The third-order valence-electron chi connectivity index (χ3n) is 2.58. The van der Waals surface area contributed by atoms with Gasteiger partial charge in [-0.25, -0.2) is 0 Å². The van der Waals surface area contributed by atoms with E-state index in [1.165, 1.54) is 0 Å². The van der Waals surface area contributed by atoms with Gasteiger partial charge in [0.05, 0.1) is 18.1 Å². The van der Waals surface area contributed by atoms with Crippen molar-refractivity contribution in [2.24, 2.45) is 0 Å². The predicted octanol–water partition coefficient (Wildman–Crippen LogP) is 2.64. The van der Waals surface area contributed by atoms with Gasteiger partial charge in [0.1, 0.15) is 11.5 Å². The molecular weight excluding hydrogens is 232 g/mol. The first kappa shape index (κ1) is 10.7. The van der Waals surface area contributed by atoms with Gasteiger partial charge in [-0.1, -0.05) is 0 Å². The van der Waals surface area contributed by atoms with E-state index in [2.05, 4.69) is 10.3 Å². The minimum Gasteiger partial charge on any atom is -0.456 e. The molecule has 0 fully saturated rings. The Hall–Kier alpha value is -2.43. The molecule has 2 aromatic rings. The van der Waals surface area contributed by atoms with Crippen LogP contribution in [0.1, 0.15) is 0 Å². The predicted molar refractivity (Wildman–Crippen MR) is 66.4 cm³/mol. The molecule has 1 N–H and O–H groups in total. The van der Waals surface area contributed by atoms with Crippen LogP contribution in [-0.4, -0.2) is 18.8 Å². The van der Waals surface area contributed by atoms with Gasteiger partial charge >= 0.3 is 0 Å². The molecule has 0 saturated heterocycles. The van der Waals surface area contributed by atoms with Crippen molar-refractivity contribution in [1.29, 1.82) is 0 Å². The summed E-state index contributed by atoms with van der Waals surface area (Å²) in [6, 6.07) is 7.33.